The number of benzene rings is 2. The number of nitrogens with zero attached hydrogens (tertiary/aromatic N) is 5. The summed E-state index contributed by atoms with van der Waals surface area (Å²) in [5, 5.41) is 13.4. The second-order valence-corrected chi connectivity index (χ2v) is 9.73. The number of carbonyl (C=O) groups excluding carboxylic acids is 1. The molecule has 1 aliphatic rings. The Hall–Kier alpha value is -4.03. The fraction of sp³-hybridized carbons (Fsp3) is 0.333. The number of rotatable bonds is 8. The number of alkyl halides is 3. The SMILES string of the molecule is Cc1ccc(C(=O)Nc2ccc(NCCN(C)C)c(C(F)(F)F)c2)cc1N1C=C(c2cnn(C)c2C)NN1C. The topological polar surface area (TPSA) is 80.7 Å². The van der Waals surface area contributed by atoms with Gasteiger partial charge in [0, 0.05) is 61.6 Å². The minimum absolute atomic E-state index is 0.0315. The van der Waals surface area contributed by atoms with Gasteiger partial charge in [0.1, 0.15) is 0 Å². The van der Waals surface area contributed by atoms with E-state index in [9.17, 15) is 18.0 Å². The second-order valence-electron chi connectivity index (χ2n) is 9.73. The Morgan fingerprint density at radius 2 is 1.85 bits per heavy atom. The lowest BCUT2D eigenvalue weighted by Gasteiger charge is -2.26. The van der Waals surface area contributed by atoms with Crippen molar-refractivity contribution >= 4 is 28.7 Å². The van der Waals surface area contributed by atoms with Gasteiger partial charge in [0.2, 0.25) is 0 Å². The van der Waals surface area contributed by atoms with Crippen molar-refractivity contribution in [2.75, 3.05) is 49.9 Å². The van der Waals surface area contributed by atoms with Gasteiger partial charge in [-0.15, -0.1) is 5.12 Å². The maximum Gasteiger partial charge on any atom is 0.418 e. The van der Waals surface area contributed by atoms with Crippen molar-refractivity contribution in [1.82, 2.24) is 25.2 Å². The van der Waals surface area contributed by atoms with Crippen LogP contribution in [0.2, 0.25) is 0 Å². The van der Waals surface area contributed by atoms with Gasteiger partial charge in [-0.1, -0.05) is 6.07 Å². The van der Waals surface area contributed by atoms with Gasteiger partial charge >= 0.3 is 6.18 Å². The molecule has 4 rings (SSSR count). The van der Waals surface area contributed by atoms with Crippen LogP contribution in [0.5, 0.6) is 0 Å². The number of likely N-dealkylation sites (N-methyl/N-ethyl adjacent to an activating group) is 1. The van der Waals surface area contributed by atoms with Crippen LogP contribution in [0.15, 0.2) is 48.8 Å². The fourth-order valence-electron chi connectivity index (χ4n) is 4.22. The quantitative estimate of drug-likeness (QED) is 0.388. The van der Waals surface area contributed by atoms with Gasteiger partial charge in [0.05, 0.1) is 23.1 Å². The van der Waals surface area contributed by atoms with Gasteiger partial charge in [0.15, 0.2) is 0 Å². The summed E-state index contributed by atoms with van der Waals surface area (Å²) in [4.78, 5) is 15.0. The van der Waals surface area contributed by atoms with E-state index in [0.29, 0.717) is 18.7 Å². The van der Waals surface area contributed by atoms with E-state index in [2.05, 4.69) is 21.2 Å². The minimum Gasteiger partial charge on any atom is -0.383 e. The molecule has 2 aromatic carbocycles. The lowest BCUT2D eigenvalue weighted by Crippen LogP contribution is -2.39. The number of hydrogen-bond acceptors (Lipinski definition) is 7. The summed E-state index contributed by atoms with van der Waals surface area (Å²) in [6.45, 7) is 4.82. The predicted octanol–water partition coefficient (Wildman–Crippen LogP) is 4.45. The highest BCUT2D eigenvalue weighted by Gasteiger charge is 2.34. The fourth-order valence-corrected chi connectivity index (χ4v) is 4.22. The van der Waals surface area contributed by atoms with Crippen LogP contribution < -0.4 is 21.1 Å². The Labute approximate surface area is 225 Å². The van der Waals surface area contributed by atoms with Gasteiger partial charge in [-0.3, -0.25) is 19.9 Å². The van der Waals surface area contributed by atoms with Crippen LogP contribution in [0.4, 0.5) is 30.2 Å². The third-order valence-electron chi connectivity index (χ3n) is 6.56. The number of halogens is 3. The van der Waals surface area contributed by atoms with Crippen molar-refractivity contribution in [2.45, 2.75) is 20.0 Å². The second kappa shape index (κ2) is 11.0. The first kappa shape index (κ1) is 28.0. The third-order valence-corrected chi connectivity index (χ3v) is 6.56. The summed E-state index contributed by atoms with van der Waals surface area (Å²) in [6.07, 6.45) is -0.894. The molecular weight excluding hydrogens is 509 g/mol. The number of anilines is 3. The smallest absolute Gasteiger partial charge is 0.383 e. The summed E-state index contributed by atoms with van der Waals surface area (Å²) in [6, 6.07) is 8.91. The summed E-state index contributed by atoms with van der Waals surface area (Å²) in [7, 11) is 7.40. The number of hydrogen-bond donors (Lipinski definition) is 3. The van der Waals surface area contributed by atoms with Crippen molar-refractivity contribution in [3.8, 4) is 0 Å². The van der Waals surface area contributed by atoms with Gasteiger partial charge in [-0.2, -0.15) is 18.3 Å². The molecule has 0 aliphatic carbocycles. The summed E-state index contributed by atoms with van der Waals surface area (Å²) < 4.78 is 43.1. The Kier molecular flexibility index (Phi) is 7.89. The van der Waals surface area contributed by atoms with Gasteiger partial charge in [-0.05, 0) is 63.8 Å². The van der Waals surface area contributed by atoms with Gasteiger partial charge in [0.25, 0.3) is 5.91 Å². The van der Waals surface area contributed by atoms with Gasteiger partial charge < -0.3 is 15.5 Å². The highest BCUT2D eigenvalue weighted by Crippen LogP contribution is 2.37. The van der Waals surface area contributed by atoms with Gasteiger partial charge in [-0.25, -0.2) is 0 Å². The van der Waals surface area contributed by atoms with E-state index in [4.69, 9.17) is 0 Å². The number of amides is 1. The molecule has 9 nitrogen and oxygen atoms in total. The van der Waals surface area contributed by atoms with Crippen molar-refractivity contribution in [2.24, 2.45) is 7.05 Å². The molecule has 0 spiro atoms. The molecule has 0 saturated carbocycles. The molecule has 0 bridgehead atoms. The maximum atomic E-state index is 13.8. The predicted molar refractivity (Wildman–Crippen MR) is 147 cm³/mol. The zero-order chi connectivity index (χ0) is 28.5. The first-order chi connectivity index (χ1) is 18.3. The van der Waals surface area contributed by atoms with Crippen LogP contribution in [0.1, 0.15) is 32.7 Å². The van der Waals surface area contributed by atoms with E-state index in [0.717, 1.165) is 34.3 Å². The first-order valence-corrected chi connectivity index (χ1v) is 12.4. The molecule has 3 N–H and O–H groups in total. The minimum atomic E-state index is -4.58. The van der Waals surface area contributed by atoms with E-state index in [-0.39, 0.29) is 11.4 Å². The Morgan fingerprint density at radius 1 is 1.10 bits per heavy atom. The van der Waals surface area contributed by atoms with Crippen LogP contribution in [0.25, 0.3) is 5.70 Å². The molecule has 0 radical (unpaired) electrons. The zero-order valence-corrected chi connectivity index (χ0v) is 22.8. The standard InChI is InChI=1S/C27H33F3N8O/c1-17-7-8-19(13-25(17)38-16-24(34-37(38)6)21-15-32-36(5)18(21)2)26(39)33-20-9-10-23(31-11-12-35(3)4)22(14-20)27(28,29)30/h7-10,13-16,31,34H,11-12H2,1-6H3,(H,33,39). The number of nitrogens with one attached hydrogen (secondary N) is 3. The molecule has 39 heavy (non-hydrogen) atoms. The van der Waals surface area contributed by atoms with Crippen LogP contribution in [0, 0.1) is 13.8 Å². The number of aryl methyl sites for hydroxylation is 2. The lowest BCUT2D eigenvalue weighted by atomic mass is 10.1. The molecule has 0 saturated heterocycles. The van der Waals surface area contributed by atoms with E-state index in [1.807, 2.05) is 58.1 Å². The van der Waals surface area contributed by atoms with E-state index in [1.54, 1.807) is 34.2 Å². The molecule has 0 fully saturated rings. The zero-order valence-electron chi connectivity index (χ0n) is 22.8. The molecule has 2 heterocycles. The largest absolute Gasteiger partial charge is 0.418 e. The van der Waals surface area contributed by atoms with Crippen molar-refractivity contribution in [3.05, 3.63) is 76.7 Å². The van der Waals surface area contributed by atoms with Crippen LogP contribution in [0.3, 0.4) is 0 Å². The Morgan fingerprint density at radius 3 is 2.49 bits per heavy atom. The van der Waals surface area contributed by atoms with E-state index >= 15 is 0 Å². The monoisotopic (exact) mass is 542 g/mol. The maximum absolute atomic E-state index is 13.8. The molecule has 12 heteroatoms. The molecule has 1 aromatic heterocycles. The molecule has 3 aromatic rings. The summed E-state index contributed by atoms with van der Waals surface area (Å²) >= 11 is 0. The first-order valence-electron chi connectivity index (χ1n) is 12.4. The molecule has 1 amide bonds. The molecule has 0 unspecified atom stereocenters. The molecule has 0 atom stereocenters. The average Bonchev–Trinajstić information content (AvgIpc) is 3.40. The van der Waals surface area contributed by atoms with Crippen molar-refractivity contribution in [1.29, 1.82) is 0 Å². The summed E-state index contributed by atoms with van der Waals surface area (Å²) in [5.74, 6) is -0.514. The normalized spacial score (nSPS) is 14.0. The highest BCUT2D eigenvalue weighted by molar-refractivity contribution is 6.05. The van der Waals surface area contributed by atoms with Crippen LogP contribution in [-0.4, -0.2) is 59.9 Å². The molecule has 208 valence electrons. The van der Waals surface area contributed by atoms with Crippen molar-refractivity contribution in [3.63, 3.8) is 0 Å². The number of aromatic nitrogens is 2. The third kappa shape index (κ3) is 6.18. The van der Waals surface area contributed by atoms with Crippen LogP contribution >= 0.6 is 0 Å². The summed E-state index contributed by atoms with van der Waals surface area (Å²) in [5.41, 5.74) is 7.22. The van der Waals surface area contributed by atoms with E-state index < -0.39 is 17.6 Å². The highest BCUT2D eigenvalue weighted by atomic mass is 19.4. The lowest BCUT2D eigenvalue weighted by molar-refractivity contribution is -0.136. The molecular formula is C27H33F3N8O. The van der Waals surface area contributed by atoms with Crippen LogP contribution in [-0.2, 0) is 13.2 Å². The molecule has 1 aliphatic heterocycles. The average molecular weight is 543 g/mol. The van der Waals surface area contributed by atoms with Crippen molar-refractivity contribution < 1.29 is 18.0 Å². The Balaban J connectivity index is 1.56. The number of carbonyl (C=O) groups is 1. The van der Waals surface area contributed by atoms with E-state index in [1.165, 1.54) is 12.1 Å². The number of hydrazine groups is 2. The Bertz CT molecular complexity index is 1400.